The maximum atomic E-state index is 15.1. The zero-order valence-electron chi connectivity index (χ0n) is 15.9. The molecule has 2 aliphatic rings. The highest BCUT2D eigenvalue weighted by Gasteiger charge is 2.28. The second-order valence-electron chi connectivity index (χ2n) is 7.58. The number of nitrogens with zero attached hydrogens (tertiary/aromatic N) is 1. The van der Waals surface area contributed by atoms with Crippen LogP contribution in [0.1, 0.15) is 40.4 Å². The summed E-state index contributed by atoms with van der Waals surface area (Å²) in [4.78, 5) is 23.0. The number of hydrogen-bond acceptors (Lipinski definition) is 4. The first-order valence-corrected chi connectivity index (χ1v) is 9.88. The highest BCUT2D eigenvalue weighted by molar-refractivity contribution is 6.09. The van der Waals surface area contributed by atoms with E-state index in [1.165, 1.54) is 0 Å². The molecule has 2 aliphatic heterocycles. The number of H-pyrrole nitrogens is 1. The van der Waals surface area contributed by atoms with E-state index >= 15 is 4.39 Å². The monoisotopic (exact) mass is 395 g/mol. The van der Waals surface area contributed by atoms with E-state index in [-0.39, 0.29) is 31.0 Å². The second kappa shape index (κ2) is 7.26. The molecule has 0 saturated carbocycles. The molecule has 3 heterocycles. The average Bonchev–Trinajstić information content (AvgIpc) is 3.28. The van der Waals surface area contributed by atoms with E-state index in [0.717, 1.165) is 41.5 Å². The molecule has 5 rings (SSSR count). The van der Waals surface area contributed by atoms with Crippen LogP contribution >= 0.6 is 0 Å². The number of aromatic nitrogens is 1. The number of likely N-dealkylation sites (tertiary alicyclic amines) is 1. The van der Waals surface area contributed by atoms with E-state index in [4.69, 9.17) is 4.84 Å². The Morgan fingerprint density at radius 3 is 3.00 bits per heavy atom. The Morgan fingerprint density at radius 1 is 1.28 bits per heavy atom. The van der Waals surface area contributed by atoms with E-state index in [2.05, 4.69) is 15.4 Å². The molecule has 2 aromatic carbocycles. The number of nitrogens with one attached hydrogen (secondary N) is 2. The van der Waals surface area contributed by atoms with Crippen molar-refractivity contribution in [2.75, 3.05) is 19.7 Å². The number of amides is 1. The maximum absolute atomic E-state index is 15.1. The molecule has 1 unspecified atom stereocenters. The van der Waals surface area contributed by atoms with E-state index in [0.29, 0.717) is 23.2 Å². The summed E-state index contributed by atoms with van der Waals surface area (Å²) in [6.07, 6.45) is 1.89. The van der Waals surface area contributed by atoms with Crippen LogP contribution in [0.3, 0.4) is 0 Å². The molecule has 1 aromatic heterocycles. The van der Waals surface area contributed by atoms with Gasteiger partial charge in [0.05, 0.1) is 17.9 Å². The summed E-state index contributed by atoms with van der Waals surface area (Å²) < 4.78 is 15.1. The summed E-state index contributed by atoms with van der Waals surface area (Å²) in [6.45, 7) is 1.71. The fourth-order valence-electron chi connectivity index (χ4n) is 4.65. The van der Waals surface area contributed by atoms with E-state index in [1.54, 1.807) is 12.1 Å². The molecule has 3 N–H and O–H groups in total. The van der Waals surface area contributed by atoms with Crippen LogP contribution in [0.5, 0.6) is 0 Å². The fourth-order valence-corrected chi connectivity index (χ4v) is 4.65. The summed E-state index contributed by atoms with van der Waals surface area (Å²) in [5.74, 6) is -0.543. The lowest BCUT2D eigenvalue weighted by molar-refractivity contribution is 0.0256. The summed E-state index contributed by atoms with van der Waals surface area (Å²) in [5, 5.41) is 10.1. The van der Waals surface area contributed by atoms with Crippen molar-refractivity contribution in [2.24, 2.45) is 0 Å². The first-order valence-electron chi connectivity index (χ1n) is 9.88. The van der Waals surface area contributed by atoms with Crippen molar-refractivity contribution in [2.45, 2.75) is 25.5 Å². The van der Waals surface area contributed by atoms with Crippen LogP contribution in [0.15, 0.2) is 36.4 Å². The molecular formula is C22H22FN3O3. The number of aliphatic hydroxyl groups excluding tert-OH is 1. The number of carbonyl (C=O) groups is 1. The van der Waals surface area contributed by atoms with Crippen LogP contribution in [-0.4, -0.2) is 40.6 Å². The molecule has 0 bridgehead atoms. The van der Waals surface area contributed by atoms with Gasteiger partial charge in [-0.1, -0.05) is 18.2 Å². The van der Waals surface area contributed by atoms with Crippen LogP contribution in [0.4, 0.5) is 4.39 Å². The van der Waals surface area contributed by atoms with Gasteiger partial charge in [-0.2, -0.15) is 0 Å². The highest BCUT2D eigenvalue weighted by atomic mass is 19.1. The number of rotatable bonds is 4. The molecule has 150 valence electrons. The van der Waals surface area contributed by atoms with Gasteiger partial charge in [0, 0.05) is 40.2 Å². The third-order valence-electron chi connectivity index (χ3n) is 5.95. The van der Waals surface area contributed by atoms with Crippen molar-refractivity contribution < 1.29 is 19.1 Å². The van der Waals surface area contributed by atoms with Crippen molar-refractivity contribution in [3.8, 4) is 11.3 Å². The number of hydroxylamine groups is 1. The Morgan fingerprint density at radius 2 is 2.17 bits per heavy atom. The van der Waals surface area contributed by atoms with Gasteiger partial charge >= 0.3 is 0 Å². The first-order chi connectivity index (χ1) is 14.2. The Balaban J connectivity index is 1.58. The first kappa shape index (κ1) is 18.3. The molecule has 1 atom stereocenters. The minimum atomic E-state index is -0.286. The van der Waals surface area contributed by atoms with Gasteiger partial charge in [0.25, 0.3) is 5.91 Å². The standard InChI is InChI=1S/C22H22FN3O3/c23-17-11-13(6-7-14(17)19-5-2-8-26(19)9-10-27)21-16-12-29-25-22(28)15-3-1-4-18(24-21)20(15)16/h1,3-4,6-7,11,19,24,27H,2,5,8-10,12H2,(H,25,28). The number of halogens is 1. The van der Waals surface area contributed by atoms with Crippen LogP contribution in [-0.2, 0) is 11.4 Å². The van der Waals surface area contributed by atoms with Crippen LogP contribution < -0.4 is 5.48 Å². The number of hydrogen-bond donors (Lipinski definition) is 3. The van der Waals surface area contributed by atoms with Crippen LogP contribution in [0.2, 0.25) is 0 Å². The summed E-state index contributed by atoms with van der Waals surface area (Å²) >= 11 is 0. The van der Waals surface area contributed by atoms with E-state index < -0.39 is 0 Å². The molecule has 1 amide bonds. The molecule has 7 heteroatoms. The van der Waals surface area contributed by atoms with Crippen LogP contribution in [0.25, 0.3) is 22.2 Å². The lowest BCUT2D eigenvalue weighted by Gasteiger charge is -2.24. The fraction of sp³-hybridized carbons (Fsp3) is 0.318. The van der Waals surface area contributed by atoms with Crippen LogP contribution in [0, 0.1) is 5.82 Å². The lowest BCUT2D eigenvalue weighted by Crippen LogP contribution is -2.27. The highest BCUT2D eigenvalue weighted by Crippen LogP contribution is 2.37. The SMILES string of the molecule is O=C1NOCc2c(-c3ccc(C4CCCN4CCO)c(F)c3)[nH]c3cccc1c23. The molecule has 0 radical (unpaired) electrons. The van der Waals surface area contributed by atoms with Gasteiger partial charge in [-0.25, -0.2) is 9.87 Å². The van der Waals surface area contributed by atoms with Crippen molar-refractivity contribution in [1.29, 1.82) is 0 Å². The molecule has 29 heavy (non-hydrogen) atoms. The minimum Gasteiger partial charge on any atom is -0.395 e. The number of benzene rings is 2. The number of aromatic amines is 1. The van der Waals surface area contributed by atoms with Gasteiger partial charge in [-0.05, 0) is 37.6 Å². The molecular weight excluding hydrogens is 373 g/mol. The Bertz CT molecular complexity index is 1090. The molecule has 1 saturated heterocycles. The Hall–Kier alpha value is -2.74. The number of aliphatic hydroxyl groups is 1. The zero-order chi connectivity index (χ0) is 20.0. The van der Waals surface area contributed by atoms with Gasteiger partial charge in [0.15, 0.2) is 0 Å². The predicted molar refractivity (Wildman–Crippen MR) is 107 cm³/mol. The average molecular weight is 395 g/mol. The largest absolute Gasteiger partial charge is 0.395 e. The summed E-state index contributed by atoms with van der Waals surface area (Å²) in [5.41, 5.74) is 6.77. The maximum Gasteiger partial charge on any atom is 0.275 e. The molecule has 0 aliphatic carbocycles. The van der Waals surface area contributed by atoms with Gasteiger partial charge in [-0.15, -0.1) is 0 Å². The lowest BCUT2D eigenvalue weighted by atomic mass is 9.98. The zero-order valence-corrected chi connectivity index (χ0v) is 15.9. The van der Waals surface area contributed by atoms with Gasteiger partial charge in [0.2, 0.25) is 0 Å². The van der Waals surface area contributed by atoms with Crippen molar-refractivity contribution in [1.82, 2.24) is 15.4 Å². The second-order valence-corrected chi connectivity index (χ2v) is 7.58. The number of β-amino-alcohol motifs (C(OH)–C–C–N with tert-alkyl or cyclic N) is 1. The van der Waals surface area contributed by atoms with E-state index in [1.807, 2.05) is 24.3 Å². The smallest absolute Gasteiger partial charge is 0.275 e. The molecule has 3 aromatic rings. The normalized spacial score (nSPS) is 19.5. The third kappa shape index (κ3) is 3.02. The number of carbonyl (C=O) groups excluding carboxylic acids is 1. The van der Waals surface area contributed by atoms with Crippen molar-refractivity contribution >= 4 is 16.8 Å². The predicted octanol–water partition coefficient (Wildman–Crippen LogP) is 3.28. The third-order valence-corrected chi connectivity index (χ3v) is 5.95. The minimum absolute atomic E-state index is 0.00257. The Labute approximate surface area is 167 Å². The van der Waals surface area contributed by atoms with Crippen molar-refractivity contribution in [3.63, 3.8) is 0 Å². The molecule has 6 nitrogen and oxygen atoms in total. The van der Waals surface area contributed by atoms with Gasteiger partial charge in [0.1, 0.15) is 12.4 Å². The Kier molecular flexibility index (Phi) is 4.58. The summed E-state index contributed by atoms with van der Waals surface area (Å²) in [7, 11) is 0. The van der Waals surface area contributed by atoms with Crippen molar-refractivity contribution in [3.05, 3.63) is 58.9 Å². The summed E-state index contributed by atoms with van der Waals surface area (Å²) in [6, 6.07) is 10.8. The quantitative estimate of drug-likeness (QED) is 0.634. The molecule has 0 spiro atoms. The van der Waals surface area contributed by atoms with Gasteiger partial charge < -0.3 is 10.1 Å². The molecule has 1 fully saturated rings. The van der Waals surface area contributed by atoms with Gasteiger partial charge in [-0.3, -0.25) is 14.5 Å². The van der Waals surface area contributed by atoms with E-state index in [9.17, 15) is 9.90 Å². The topological polar surface area (TPSA) is 77.6 Å².